The van der Waals surface area contributed by atoms with Gasteiger partial charge in [-0.1, -0.05) is 42.5 Å². The van der Waals surface area contributed by atoms with E-state index in [-0.39, 0.29) is 11.2 Å². The van der Waals surface area contributed by atoms with Gasteiger partial charge in [-0.25, -0.2) is 4.98 Å². The first kappa shape index (κ1) is 20.6. The van der Waals surface area contributed by atoms with Gasteiger partial charge in [0.25, 0.3) is 0 Å². The minimum atomic E-state index is -0.415. The number of anilines is 3. The summed E-state index contributed by atoms with van der Waals surface area (Å²) in [6.45, 7) is 12.5. The van der Waals surface area contributed by atoms with Gasteiger partial charge in [-0.15, -0.1) is 0 Å². The van der Waals surface area contributed by atoms with Crippen LogP contribution in [-0.2, 0) is 9.31 Å². The number of hydrogen-bond donors (Lipinski definition) is 0. The number of para-hydroxylation sites is 2. The molecule has 30 heavy (non-hydrogen) atoms. The van der Waals surface area contributed by atoms with Gasteiger partial charge in [0, 0.05) is 11.7 Å². The van der Waals surface area contributed by atoms with Crippen molar-refractivity contribution < 1.29 is 9.31 Å². The van der Waals surface area contributed by atoms with Crippen molar-refractivity contribution in [3.63, 3.8) is 0 Å². The third-order valence-electron chi connectivity index (χ3n) is 6.24. The normalized spacial score (nSPS) is 17.2. The van der Waals surface area contributed by atoms with Gasteiger partial charge >= 0.3 is 7.12 Å². The van der Waals surface area contributed by atoms with Crippen LogP contribution in [0.3, 0.4) is 0 Å². The van der Waals surface area contributed by atoms with Crippen molar-refractivity contribution >= 4 is 29.8 Å². The van der Waals surface area contributed by atoms with E-state index in [0.717, 1.165) is 22.7 Å². The van der Waals surface area contributed by atoms with Gasteiger partial charge in [-0.05, 0) is 70.9 Å². The molecule has 0 amide bonds. The van der Waals surface area contributed by atoms with Crippen LogP contribution in [-0.4, -0.2) is 23.3 Å². The molecule has 154 valence electrons. The number of pyridine rings is 1. The lowest BCUT2D eigenvalue weighted by Gasteiger charge is -2.32. The van der Waals surface area contributed by atoms with Crippen molar-refractivity contribution in [2.75, 3.05) is 4.90 Å². The molecule has 0 radical (unpaired) electrons. The highest BCUT2D eigenvalue weighted by Crippen LogP contribution is 2.38. The number of nitrogens with zero attached hydrogens (tertiary/aromatic N) is 2. The van der Waals surface area contributed by atoms with E-state index in [4.69, 9.17) is 14.3 Å². The second-order valence-electron chi connectivity index (χ2n) is 8.95. The molecule has 1 saturated heterocycles. The molecular weight excluding hydrogens is 371 g/mol. The second-order valence-corrected chi connectivity index (χ2v) is 8.95. The van der Waals surface area contributed by atoms with Crippen LogP contribution in [0.2, 0.25) is 0 Å². The van der Waals surface area contributed by atoms with Crippen LogP contribution < -0.4 is 10.4 Å². The third kappa shape index (κ3) is 3.64. The van der Waals surface area contributed by atoms with Crippen LogP contribution in [0, 0.1) is 13.8 Å². The van der Waals surface area contributed by atoms with Gasteiger partial charge in [0.1, 0.15) is 5.82 Å². The molecule has 0 aliphatic carbocycles. The average Bonchev–Trinajstić information content (AvgIpc) is 2.93. The Morgan fingerprint density at radius 1 is 0.733 bits per heavy atom. The maximum atomic E-state index is 6.18. The molecule has 4 rings (SSSR count). The van der Waals surface area contributed by atoms with Gasteiger partial charge in [0.15, 0.2) is 0 Å². The van der Waals surface area contributed by atoms with Crippen molar-refractivity contribution in [2.45, 2.75) is 52.7 Å². The highest BCUT2D eigenvalue weighted by Gasteiger charge is 2.51. The van der Waals surface area contributed by atoms with Crippen molar-refractivity contribution in [3.8, 4) is 0 Å². The van der Waals surface area contributed by atoms with Crippen LogP contribution in [0.5, 0.6) is 0 Å². The quantitative estimate of drug-likeness (QED) is 0.544. The molecule has 2 heterocycles. The minimum Gasteiger partial charge on any atom is -0.399 e. The highest BCUT2D eigenvalue weighted by atomic mass is 16.7. The Balaban J connectivity index is 1.73. The topological polar surface area (TPSA) is 34.6 Å². The summed E-state index contributed by atoms with van der Waals surface area (Å²) in [6, 6.07) is 20.8. The maximum Gasteiger partial charge on any atom is 0.496 e. The zero-order valence-electron chi connectivity index (χ0n) is 18.6. The molecule has 3 aromatic rings. The molecule has 0 atom stereocenters. The molecule has 1 aliphatic rings. The molecule has 4 nitrogen and oxygen atoms in total. The van der Waals surface area contributed by atoms with E-state index in [1.54, 1.807) is 0 Å². The summed E-state index contributed by atoms with van der Waals surface area (Å²) in [5, 5.41) is 0. The third-order valence-corrected chi connectivity index (χ3v) is 6.24. The summed E-state index contributed by atoms with van der Waals surface area (Å²) in [6.07, 6.45) is 1.86. The zero-order valence-corrected chi connectivity index (χ0v) is 18.6. The van der Waals surface area contributed by atoms with Gasteiger partial charge < -0.3 is 9.31 Å². The van der Waals surface area contributed by atoms with E-state index in [2.05, 4.69) is 95.0 Å². The lowest BCUT2D eigenvalue weighted by Crippen LogP contribution is -2.41. The van der Waals surface area contributed by atoms with Gasteiger partial charge in [-0.2, -0.15) is 0 Å². The molecule has 1 aliphatic heterocycles. The Hall–Kier alpha value is -2.63. The predicted octanol–water partition coefficient (Wildman–Crippen LogP) is 5.47. The monoisotopic (exact) mass is 400 g/mol. The summed E-state index contributed by atoms with van der Waals surface area (Å²) >= 11 is 0. The second kappa shape index (κ2) is 7.57. The largest absolute Gasteiger partial charge is 0.496 e. The standard InChI is InChI=1S/C25H29BN2O2/c1-18-11-7-9-13-21(18)28(22-14-10-8-12-19(22)2)23-16-15-20(17-27-23)26-29-24(3,4)25(5,6)30-26/h7-17H,1-6H3. The minimum absolute atomic E-state index is 0.370. The summed E-state index contributed by atoms with van der Waals surface area (Å²) in [5.41, 5.74) is 4.79. The number of benzene rings is 2. The summed E-state index contributed by atoms with van der Waals surface area (Å²) < 4.78 is 12.4. The SMILES string of the molecule is Cc1ccccc1N(c1ccc(B2OC(C)(C)C(C)(C)O2)cn1)c1ccccc1C. The van der Waals surface area contributed by atoms with Gasteiger partial charge in [0.05, 0.1) is 22.6 Å². The lowest BCUT2D eigenvalue weighted by molar-refractivity contribution is 0.00578. The van der Waals surface area contributed by atoms with Crippen molar-refractivity contribution in [1.82, 2.24) is 4.98 Å². The van der Waals surface area contributed by atoms with Crippen LogP contribution in [0.4, 0.5) is 17.2 Å². The number of aromatic nitrogens is 1. The summed E-state index contributed by atoms with van der Waals surface area (Å²) in [4.78, 5) is 7.03. The molecule has 5 heteroatoms. The molecule has 0 spiro atoms. The molecule has 0 unspecified atom stereocenters. The Bertz CT molecular complexity index is 986. The first-order valence-electron chi connectivity index (χ1n) is 10.4. The fourth-order valence-electron chi connectivity index (χ4n) is 3.65. The van der Waals surface area contributed by atoms with E-state index in [1.807, 2.05) is 18.3 Å². The molecule has 0 bridgehead atoms. The smallest absolute Gasteiger partial charge is 0.399 e. The number of hydrogen-bond acceptors (Lipinski definition) is 4. The first-order valence-corrected chi connectivity index (χ1v) is 10.4. The molecule has 2 aromatic carbocycles. The Labute approximate surface area is 180 Å². The van der Waals surface area contributed by atoms with Crippen LogP contribution in [0.25, 0.3) is 0 Å². The van der Waals surface area contributed by atoms with Crippen molar-refractivity contribution in [3.05, 3.63) is 78.0 Å². The molecule has 1 fully saturated rings. The molecule has 0 saturated carbocycles. The van der Waals surface area contributed by atoms with Crippen molar-refractivity contribution in [2.24, 2.45) is 0 Å². The van der Waals surface area contributed by atoms with Gasteiger partial charge in [0.2, 0.25) is 0 Å². The number of rotatable bonds is 4. The lowest BCUT2D eigenvalue weighted by atomic mass is 9.80. The fourth-order valence-corrected chi connectivity index (χ4v) is 3.65. The maximum absolute atomic E-state index is 6.18. The first-order chi connectivity index (χ1) is 14.2. The van der Waals surface area contributed by atoms with E-state index in [1.165, 1.54) is 11.1 Å². The van der Waals surface area contributed by atoms with E-state index in [0.29, 0.717) is 0 Å². The molecular formula is C25H29BN2O2. The predicted molar refractivity (Wildman–Crippen MR) is 124 cm³/mol. The Kier molecular flexibility index (Phi) is 5.21. The number of aryl methyl sites for hydroxylation is 2. The van der Waals surface area contributed by atoms with Crippen LogP contribution in [0.15, 0.2) is 66.9 Å². The Morgan fingerprint density at radius 2 is 1.23 bits per heavy atom. The van der Waals surface area contributed by atoms with E-state index in [9.17, 15) is 0 Å². The van der Waals surface area contributed by atoms with Crippen LogP contribution in [0.1, 0.15) is 38.8 Å². The molecule has 1 aromatic heterocycles. The Morgan fingerprint density at radius 3 is 1.67 bits per heavy atom. The zero-order chi connectivity index (χ0) is 21.5. The van der Waals surface area contributed by atoms with Crippen molar-refractivity contribution in [1.29, 1.82) is 0 Å². The average molecular weight is 400 g/mol. The highest BCUT2D eigenvalue weighted by molar-refractivity contribution is 6.62. The fraction of sp³-hybridized carbons (Fsp3) is 0.320. The molecule has 0 N–H and O–H groups in total. The van der Waals surface area contributed by atoms with E-state index < -0.39 is 7.12 Å². The summed E-state index contributed by atoms with van der Waals surface area (Å²) in [7, 11) is -0.415. The van der Waals surface area contributed by atoms with Gasteiger partial charge in [-0.3, -0.25) is 4.90 Å². The van der Waals surface area contributed by atoms with Crippen LogP contribution >= 0.6 is 0 Å². The van der Waals surface area contributed by atoms with E-state index >= 15 is 0 Å². The summed E-state index contributed by atoms with van der Waals surface area (Å²) in [5.74, 6) is 0.860.